The first-order chi connectivity index (χ1) is 9.52. The number of ether oxygens (including phenoxy) is 2. The summed E-state index contributed by atoms with van der Waals surface area (Å²) in [4.78, 5) is 1.41. The Morgan fingerprint density at radius 3 is 2.55 bits per heavy atom. The van der Waals surface area contributed by atoms with Gasteiger partial charge in [0.1, 0.15) is 17.3 Å². The van der Waals surface area contributed by atoms with Crippen LogP contribution in [0.5, 0.6) is 17.2 Å². The van der Waals surface area contributed by atoms with Gasteiger partial charge in [-0.15, -0.1) is 0 Å². The van der Waals surface area contributed by atoms with E-state index in [0.29, 0.717) is 16.4 Å². The molecule has 0 atom stereocenters. The molecule has 0 aromatic heterocycles. The summed E-state index contributed by atoms with van der Waals surface area (Å²) in [5.41, 5.74) is 0. The Bertz CT molecular complexity index is 671. The zero-order chi connectivity index (χ0) is 14.3. The van der Waals surface area contributed by atoms with Gasteiger partial charge in [-0.05, 0) is 32.0 Å². The van der Waals surface area contributed by atoms with Crippen molar-refractivity contribution in [2.45, 2.75) is 29.7 Å². The average molecular weight is 294 g/mol. The van der Waals surface area contributed by atoms with Crippen LogP contribution in [-0.4, -0.2) is 6.10 Å². The van der Waals surface area contributed by atoms with Gasteiger partial charge in [-0.3, -0.25) is 0 Å². The fourth-order valence-corrected chi connectivity index (χ4v) is 2.84. The van der Waals surface area contributed by atoms with Gasteiger partial charge in [-0.2, -0.15) is 0 Å². The van der Waals surface area contributed by atoms with Crippen LogP contribution in [0.2, 0.25) is 0 Å². The molecule has 0 aliphatic carbocycles. The topological polar surface area (TPSA) is 18.5 Å². The second-order valence-corrected chi connectivity index (χ2v) is 5.77. The van der Waals surface area contributed by atoms with Gasteiger partial charge in [0.25, 0.3) is 0 Å². The maximum absolute atomic E-state index is 13.9. The highest BCUT2D eigenvalue weighted by molar-refractivity contribution is 7.99. The summed E-state index contributed by atoms with van der Waals surface area (Å²) in [6, 6.07) is 7.18. The predicted molar refractivity (Wildman–Crippen MR) is 72.8 cm³/mol. The Morgan fingerprint density at radius 1 is 1.05 bits per heavy atom. The molecule has 1 heterocycles. The Kier molecular flexibility index (Phi) is 3.30. The molecule has 0 saturated heterocycles. The molecule has 0 unspecified atom stereocenters. The first-order valence-electron chi connectivity index (χ1n) is 6.18. The largest absolute Gasteiger partial charge is 0.488 e. The summed E-state index contributed by atoms with van der Waals surface area (Å²) in [6.45, 7) is 3.64. The highest BCUT2D eigenvalue weighted by atomic mass is 32.2. The molecular formula is C15H12F2O2S. The van der Waals surface area contributed by atoms with E-state index < -0.39 is 5.82 Å². The lowest BCUT2D eigenvalue weighted by Gasteiger charge is -2.21. The molecule has 104 valence electrons. The van der Waals surface area contributed by atoms with Crippen LogP contribution in [0, 0.1) is 11.6 Å². The predicted octanol–water partition coefficient (Wildman–Crippen LogP) is 5.01. The van der Waals surface area contributed by atoms with Gasteiger partial charge in [0.15, 0.2) is 11.6 Å². The average Bonchev–Trinajstić information content (AvgIpc) is 2.37. The Balaban J connectivity index is 2.00. The summed E-state index contributed by atoms with van der Waals surface area (Å²) in [7, 11) is 0. The molecule has 0 bridgehead atoms. The second kappa shape index (κ2) is 4.98. The molecule has 0 N–H and O–H groups in total. The molecule has 0 amide bonds. The van der Waals surface area contributed by atoms with Gasteiger partial charge in [-0.1, -0.05) is 11.8 Å². The molecule has 20 heavy (non-hydrogen) atoms. The first kappa shape index (κ1) is 13.2. The van der Waals surface area contributed by atoms with E-state index in [4.69, 9.17) is 9.47 Å². The van der Waals surface area contributed by atoms with E-state index >= 15 is 0 Å². The Hall–Kier alpha value is -1.75. The number of halogens is 2. The van der Waals surface area contributed by atoms with Gasteiger partial charge in [0, 0.05) is 12.1 Å². The van der Waals surface area contributed by atoms with Crippen molar-refractivity contribution in [3.05, 3.63) is 42.0 Å². The van der Waals surface area contributed by atoms with E-state index in [-0.39, 0.29) is 17.7 Å². The highest BCUT2D eigenvalue weighted by Gasteiger charge is 2.21. The lowest BCUT2D eigenvalue weighted by molar-refractivity contribution is 0.229. The third kappa shape index (κ3) is 2.45. The first-order valence-corrected chi connectivity index (χ1v) is 7.00. The van der Waals surface area contributed by atoms with Crippen molar-refractivity contribution in [3.63, 3.8) is 0 Å². The van der Waals surface area contributed by atoms with Crippen LogP contribution in [0.1, 0.15) is 13.8 Å². The summed E-state index contributed by atoms with van der Waals surface area (Å²) >= 11 is 1.35. The van der Waals surface area contributed by atoms with E-state index in [0.717, 1.165) is 4.90 Å². The number of rotatable bonds is 2. The van der Waals surface area contributed by atoms with Crippen molar-refractivity contribution in [2.24, 2.45) is 0 Å². The maximum Gasteiger partial charge on any atom is 0.166 e. The molecule has 0 radical (unpaired) electrons. The van der Waals surface area contributed by atoms with Gasteiger partial charge < -0.3 is 9.47 Å². The van der Waals surface area contributed by atoms with Crippen molar-refractivity contribution in [2.75, 3.05) is 0 Å². The van der Waals surface area contributed by atoms with E-state index in [9.17, 15) is 8.78 Å². The van der Waals surface area contributed by atoms with Gasteiger partial charge in [0.05, 0.1) is 15.9 Å². The SMILES string of the molecule is CC(C)Oc1cc2c(cc1F)Sc1ccc(F)cc1O2. The monoisotopic (exact) mass is 294 g/mol. The number of hydrogen-bond acceptors (Lipinski definition) is 3. The normalized spacial score (nSPS) is 12.7. The molecule has 2 nitrogen and oxygen atoms in total. The molecule has 2 aromatic carbocycles. The Labute approximate surface area is 119 Å². The van der Waals surface area contributed by atoms with Crippen LogP contribution in [0.25, 0.3) is 0 Å². The van der Waals surface area contributed by atoms with Crippen molar-refractivity contribution < 1.29 is 18.3 Å². The third-order valence-electron chi connectivity index (χ3n) is 2.71. The fraction of sp³-hybridized carbons (Fsp3) is 0.200. The molecule has 0 fully saturated rings. The number of fused-ring (bicyclic) bond motifs is 2. The number of benzene rings is 2. The van der Waals surface area contributed by atoms with E-state index in [2.05, 4.69) is 0 Å². The standard InChI is InChI=1S/C15H12F2O2S/c1-8(2)18-11-7-13-15(6-10(11)17)20-14-4-3-9(16)5-12(14)19-13/h3-8H,1-2H3. The lowest BCUT2D eigenvalue weighted by atomic mass is 10.3. The van der Waals surface area contributed by atoms with Gasteiger partial charge in [-0.25, -0.2) is 8.78 Å². The van der Waals surface area contributed by atoms with Crippen molar-refractivity contribution >= 4 is 11.8 Å². The lowest BCUT2D eigenvalue weighted by Crippen LogP contribution is -2.07. The molecule has 2 aromatic rings. The molecule has 0 saturated carbocycles. The minimum Gasteiger partial charge on any atom is -0.488 e. The molecule has 5 heteroatoms. The maximum atomic E-state index is 13.9. The molecular weight excluding hydrogens is 282 g/mol. The van der Waals surface area contributed by atoms with Crippen LogP contribution in [0.15, 0.2) is 40.1 Å². The van der Waals surface area contributed by atoms with E-state index in [1.54, 1.807) is 6.07 Å². The summed E-state index contributed by atoms with van der Waals surface area (Å²) in [5, 5.41) is 0. The van der Waals surface area contributed by atoms with Crippen LogP contribution in [0.4, 0.5) is 8.78 Å². The summed E-state index contributed by atoms with van der Waals surface area (Å²) in [5.74, 6) is 0.252. The Morgan fingerprint density at radius 2 is 1.80 bits per heavy atom. The summed E-state index contributed by atoms with van der Waals surface area (Å²) in [6.07, 6.45) is -0.136. The van der Waals surface area contributed by atoms with E-state index in [1.807, 2.05) is 13.8 Å². The molecule has 1 aliphatic heterocycles. The molecule has 1 aliphatic rings. The second-order valence-electron chi connectivity index (χ2n) is 4.69. The zero-order valence-electron chi connectivity index (χ0n) is 10.9. The minimum absolute atomic E-state index is 0.136. The van der Waals surface area contributed by atoms with E-state index in [1.165, 1.54) is 36.0 Å². The van der Waals surface area contributed by atoms with Gasteiger partial charge >= 0.3 is 0 Å². The smallest absolute Gasteiger partial charge is 0.166 e. The zero-order valence-corrected chi connectivity index (χ0v) is 11.8. The minimum atomic E-state index is -0.431. The van der Waals surface area contributed by atoms with Crippen molar-refractivity contribution in [1.29, 1.82) is 0 Å². The molecule has 0 spiro atoms. The quantitative estimate of drug-likeness (QED) is 0.662. The van der Waals surface area contributed by atoms with Crippen LogP contribution >= 0.6 is 11.8 Å². The van der Waals surface area contributed by atoms with Gasteiger partial charge in [0.2, 0.25) is 0 Å². The van der Waals surface area contributed by atoms with Crippen molar-refractivity contribution in [1.82, 2.24) is 0 Å². The molecule has 3 rings (SSSR count). The third-order valence-corrected chi connectivity index (χ3v) is 3.80. The van der Waals surface area contributed by atoms with Crippen LogP contribution in [0.3, 0.4) is 0 Å². The highest BCUT2D eigenvalue weighted by Crippen LogP contribution is 2.48. The van der Waals surface area contributed by atoms with Crippen molar-refractivity contribution in [3.8, 4) is 17.2 Å². The number of hydrogen-bond donors (Lipinski definition) is 0. The van der Waals surface area contributed by atoms with Crippen LogP contribution < -0.4 is 9.47 Å². The van der Waals surface area contributed by atoms with Crippen LogP contribution in [-0.2, 0) is 0 Å². The fourth-order valence-electron chi connectivity index (χ4n) is 1.90. The summed E-state index contributed by atoms with van der Waals surface area (Å²) < 4.78 is 38.1.